The average Bonchev–Trinajstić information content (AvgIpc) is 2.67. The molecule has 3 rings (SSSR count). The molecule has 29 heavy (non-hydrogen) atoms. The van der Waals surface area contributed by atoms with E-state index in [0.29, 0.717) is 22.3 Å². The zero-order valence-electron chi connectivity index (χ0n) is 15.3. The highest BCUT2D eigenvalue weighted by atomic mass is 35.5. The molecule has 0 atom stereocenters. The van der Waals surface area contributed by atoms with E-state index in [1.807, 2.05) is 0 Å². The second-order valence-electron chi connectivity index (χ2n) is 6.50. The number of benzene rings is 3. The molecule has 0 unspecified atom stereocenters. The van der Waals surface area contributed by atoms with Crippen molar-refractivity contribution in [2.75, 3.05) is 4.31 Å². The van der Waals surface area contributed by atoms with Gasteiger partial charge in [-0.3, -0.25) is 4.31 Å². The van der Waals surface area contributed by atoms with Crippen LogP contribution in [-0.4, -0.2) is 8.42 Å². The predicted octanol–water partition coefficient (Wildman–Crippen LogP) is 6.06. The Morgan fingerprint density at radius 2 is 1.59 bits per heavy atom. The minimum Gasteiger partial charge on any atom is -0.262 e. The molecular formula is C21H17ClF3NO2S. The van der Waals surface area contributed by atoms with Gasteiger partial charge < -0.3 is 0 Å². The Morgan fingerprint density at radius 3 is 2.21 bits per heavy atom. The number of hydrogen-bond donors (Lipinski definition) is 0. The first kappa shape index (κ1) is 21.2. The Labute approximate surface area is 172 Å². The van der Waals surface area contributed by atoms with Crippen LogP contribution in [-0.2, 0) is 22.7 Å². The summed E-state index contributed by atoms with van der Waals surface area (Å²) in [7, 11) is -4.26. The molecule has 152 valence electrons. The van der Waals surface area contributed by atoms with Crippen molar-refractivity contribution in [1.82, 2.24) is 0 Å². The summed E-state index contributed by atoms with van der Waals surface area (Å²) in [6, 6.07) is 17.1. The van der Waals surface area contributed by atoms with Crippen LogP contribution in [0.1, 0.15) is 16.7 Å². The van der Waals surface area contributed by atoms with Crippen molar-refractivity contribution in [3.8, 4) is 0 Å². The molecule has 8 heteroatoms. The first-order valence-corrected chi connectivity index (χ1v) is 10.4. The van der Waals surface area contributed by atoms with Crippen LogP contribution in [0.25, 0.3) is 0 Å². The van der Waals surface area contributed by atoms with Crippen LogP contribution < -0.4 is 4.31 Å². The van der Waals surface area contributed by atoms with Crippen molar-refractivity contribution in [2.45, 2.75) is 24.5 Å². The molecule has 0 radical (unpaired) electrons. The zero-order valence-corrected chi connectivity index (χ0v) is 16.9. The third kappa shape index (κ3) is 4.92. The average molecular weight is 440 g/mol. The van der Waals surface area contributed by atoms with E-state index in [2.05, 4.69) is 0 Å². The molecule has 0 N–H and O–H groups in total. The van der Waals surface area contributed by atoms with E-state index in [9.17, 15) is 21.6 Å². The molecule has 0 saturated heterocycles. The first-order chi connectivity index (χ1) is 13.6. The molecule has 3 aromatic rings. The molecule has 0 saturated carbocycles. The smallest absolute Gasteiger partial charge is 0.262 e. The normalized spacial score (nSPS) is 12.0. The fourth-order valence-corrected chi connectivity index (χ4v) is 4.43. The van der Waals surface area contributed by atoms with Crippen LogP contribution in [0.3, 0.4) is 0 Å². The van der Waals surface area contributed by atoms with Crippen molar-refractivity contribution < 1.29 is 21.6 Å². The van der Waals surface area contributed by atoms with Crippen molar-refractivity contribution in [1.29, 1.82) is 0 Å². The summed E-state index contributed by atoms with van der Waals surface area (Å²) in [6.45, 7) is 1.75. The number of alkyl halides is 3. The van der Waals surface area contributed by atoms with E-state index in [1.54, 1.807) is 55.5 Å². The maximum Gasteiger partial charge on any atom is 0.416 e. The molecule has 0 spiro atoms. The van der Waals surface area contributed by atoms with Gasteiger partial charge in [0.1, 0.15) is 0 Å². The maximum atomic E-state index is 13.3. The number of sulfonamides is 1. The van der Waals surface area contributed by atoms with Crippen molar-refractivity contribution >= 4 is 27.3 Å². The lowest BCUT2D eigenvalue weighted by Gasteiger charge is -2.25. The molecule has 0 bridgehead atoms. The van der Waals surface area contributed by atoms with E-state index in [-0.39, 0.29) is 6.54 Å². The third-order valence-corrected chi connectivity index (χ3v) is 6.30. The monoisotopic (exact) mass is 439 g/mol. The van der Waals surface area contributed by atoms with E-state index in [0.717, 1.165) is 28.1 Å². The molecule has 0 aromatic heterocycles. The van der Waals surface area contributed by atoms with Gasteiger partial charge >= 0.3 is 6.18 Å². The number of rotatable bonds is 5. The summed E-state index contributed by atoms with van der Waals surface area (Å²) in [5.74, 6) is 0. The van der Waals surface area contributed by atoms with Gasteiger partial charge in [-0.05, 0) is 60.5 Å². The van der Waals surface area contributed by atoms with Crippen LogP contribution in [0.4, 0.5) is 18.9 Å². The van der Waals surface area contributed by atoms with Gasteiger partial charge in [-0.2, -0.15) is 13.2 Å². The van der Waals surface area contributed by atoms with E-state index in [4.69, 9.17) is 11.6 Å². The summed E-state index contributed by atoms with van der Waals surface area (Å²) in [5, 5.41) is 0.497. The third-order valence-electron chi connectivity index (χ3n) is 4.28. The van der Waals surface area contributed by atoms with Gasteiger partial charge in [-0.15, -0.1) is 0 Å². The fourth-order valence-electron chi connectivity index (χ4n) is 2.81. The molecule has 0 fully saturated rings. The van der Waals surface area contributed by atoms with Gasteiger partial charge in [0.15, 0.2) is 0 Å². The quantitative estimate of drug-likeness (QED) is 0.484. The predicted molar refractivity (Wildman–Crippen MR) is 107 cm³/mol. The van der Waals surface area contributed by atoms with Gasteiger partial charge in [-0.1, -0.05) is 41.9 Å². The molecule has 0 heterocycles. The second-order valence-corrected chi connectivity index (χ2v) is 8.80. The Morgan fingerprint density at radius 1 is 0.931 bits per heavy atom. The topological polar surface area (TPSA) is 37.4 Å². The molecule has 3 nitrogen and oxygen atoms in total. The van der Waals surface area contributed by atoms with Crippen LogP contribution >= 0.6 is 11.6 Å². The van der Waals surface area contributed by atoms with Gasteiger partial charge in [0.2, 0.25) is 0 Å². The number of halogens is 4. The summed E-state index contributed by atoms with van der Waals surface area (Å²) in [6.07, 6.45) is -4.64. The van der Waals surface area contributed by atoms with Crippen LogP contribution in [0.5, 0.6) is 0 Å². The minimum atomic E-state index is -4.64. The molecular weight excluding hydrogens is 423 g/mol. The van der Waals surface area contributed by atoms with Crippen molar-refractivity contribution in [3.63, 3.8) is 0 Å². The fraction of sp³-hybridized carbons (Fsp3) is 0.143. The number of anilines is 1. The standard InChI is InChI=1S/C21H17ClF3NO2S/c1-15-4-2-6-19(12-15)26(14-16-8-10-18(22)11-9-16)29(27,28)20-7-3-5-17(13-20)21(23,24)25/h2-13H,14H2,1H3. The van der Waals surface area contributed by atoms with Gasteiger partial charge in [-0.25, -0.2) is 8.42 Å². The Kier molecular flexibility index (Phi) is 5.91. The van der Waals surface area contributed by atoms with Crippen molar-refractivity contribution in [3.05, 3.63) is 94.5 Å². The lowest BCUT2D eigenvalue weighted by atomic mass is 10.2. The minimum absolute atomic E-state index is 0.0563. The lowest BCUT2D eigenvalue weighted by Crippen LogP contribution is -2.30. The Hall–Kier alpha value is -2.51. The van der Waals surface area contributed by atoms with Gasteiger partial charge in [0.25, 0.3) is 10.0 Å². The van der Waals surface area contributed by atoms with E-state index in [1.165, 1.54) is 0 Å². The highest BCUT2D eigenvalue weighted by Gasteiger charge is 2.33. The van der Waals surface area contributed by atoms with Crippen molar-refractivity contribution in [2.24, 2.45) is 0 Å². The summed E-state index contributed by atoms with van der Waals surface area (Å²) < 4.78 is 67.0. The number of aryl methyl sites for hydroxylation is 1. The van der Waals surface area contributed by atoms with Crippen LogP contribution in [0, 0.1) is 6.92 Å². The number of nitrogens with zero attached hydrogens (tertiary/aromatic N) is 1. The highest BCUT2D eigenvalue weighted by molar-refractivity contribution is 7.92. The first-order valence-electron chi connectivity index (χ1n) is 8.58. The molecule has 3 aromatic carbocycles. The largest absolute Gasteiger partial charge is 0.416 e. The summed E-state index contributed by atoms with van der Waals surface area (Å²) >= 11 is 5.89. The van der Waals surface area contributed by atoms with E-state index < -0.39 is 26.7 Å². The van der Waals surface area contributed by atoms with Gasteiger partial charge in [0.05, 0.1) is 22.7 Å². The molecule has 0 aliphatic rings. The Balaban J connectivity index is 2.10. The summed E-state index contributed by atoms with van der Waals surface area (Å²) in [5.41, 5.74) is 0.806. The highest BCUT2D eigenvalue weighted by Crippen LogP contribution is 2.33. The van der Waals surface area contributed by atoms with E-state index >= 15 is 0 Å². The van der Waals surface area contributed by atoms with Crippen LogP contribution in [0.15, 0.2) is 77.7 Å². The Bertz CT molecular complexity index is 1110. The zero-order chi connectivity index (χ0) is 21.2. The molecule has 0 aliphatic carbocycles. The lowest BCUT2D eigenvalue weighted by molar-refractivity contribution is -0.137. The SMILES string of the molecule is Cc1cccc(N(Cc2ccc(Cl)cc2)S(=O)(=O)c2cccc(C(F)(F)F)c2)c1. The molecule has 0 aliphatic heterocycles. The molecule has 0 amide bonds. The van der Waals surface area contributed by atoms with Gasteiger partial charge in [0, 0.05) is 5.02 Å². The maximum absolute atomic E-state index is 13.3. The van der Waals surface area contributed by atoms with Crippen LogP contribution in [0.2, 0.25) is 5.02 Å². The summed E-state index contributed by atoms with van der Waals surface area (Å²) in [4.78, 5) is -0.428. The second kappa shape index (κ2) is 8.08. The number of hydrogen-bond acceptors (Lipinski definition) is 2.